The molecule has 0 unspecified atom stereocenters. The van der Waals surface area contributed by atoms with E-state index in [1.165, 1.54) is 36.4 Å². The van der Waals surface area contributed by atoms with Gasteiger partial charge in [-0.2, -0.15) is 0 Å². The van der Waals surface area contributed by atoms with Crippen molar-refractivity contribution in [3.63, 3.8) is 0 Å². The van der Waals surface area contributed by atoms with Crippen LogP contribution in [0.25, 0.3) is 10.9 Å². The van der Waals surface area contributed by atoms with Gasteiger partial charge < -0.3 is 4.98 Å². The van der Waals surface area contributed by atoms with Crippen LogP contribution >= 0.6 is 11.6 Å². The van der Waals surface area contributed by atoms with Crippen LogP contribution in [0.2, 0.25) is 5.02 Å². The lowest BCUT2D eigenvalue weighted by Gasteiger charge is -2.06. The summed E-state index contributed by atoms with van der Waals surface area (Å²) in [6.07, 6.45) is 1.66. The van der Waals surface area contributed by atoms with Crippen molar-refractivity contribution in [3.8, 4) is 0 Å². The molecule has 7 heteroatoms. The summed E-state index contributed by atoms with van der Waals surface area (Å²) in [5.74, 6) is -0.367. The summed E-state index contributed by atoms with van der Waals surface area (Å²) in [7, 11) is -3.65. The molecule has 4 nitrogen and oxygen atoms in total. The lowest BCUT2D eigenvalue weighted by Crippen LogP contribution is -2.23. The zero-order valence-corrected chi connectivity index (χ0v) is 12.9. The van der Waals surface area contributed by atoms with Crippen LogP contribution in [0.3, 0.4) is 0 Å². The molecule has 114 valence electrons. The normalized spacial score (nSPS) is 11.9. The van der Waals surface area contributed by atoms with Gasteiger partial charge in [-0.3, -0.25) is 0 Å². The van der Waals surface area contributed by atoms with Gasteiger partial charge in [0, 0.05) is 28.7 Å². The Hall–Kier alpha value is -1.89. The molecule has 0 aliphatic heterocycles. The summed E-state index contributed by atoms with van der Waals surface area (Å²) in [5.41, 5.74) is 1.43. The number of aromatic nitrogens is 1. The Labute approximate surface area is 132 Å². The van der Waals surface area contributed by atoms with E-state index in [0.717, 1.165) is 5.52 Å². The maximum Gasteiger partial charge on any atom is 0.240 e. The van der Waals surface area contributed by atoms with Crippen LogP contribution in [-0.2, 0) is 16.6 Å². The van der Waals surface area contributed by atoms with Gasteiger partial charge >= 0.3 is 0 Å². The summed E-state index contributed by atoms with van der Waals surface area (Å²) in [6.45, 7) is 0.0639. The third kappa shape index (κ3) is 2.99. The van der Waals surface area contributed by atoms with Gasteiger partial charge in [0.05, 0.1) is 4.90 Å². The molecule has 0 fully saturated rings. The molecular formula is C15H12ClFN2O2S. The van der Waals surface area contributed by atoms with Crippen LogP contribution in [0.15, 0.2) is 53.6 Å². The number of rotatable bonds is 4. The average Bonchev–Trinajstić information content (AvgIpc) is 2.88. The van der Waals surface area contributed by atoms with Crippen LogP contribution in [0.4, 0.5) is 4.39 Å². The summed E-state index contributed by atoms with van der Waals surface area (Å²) >= 11 is 5.75. The first-order valence-electron chi connectivity index (χ1n) is 6.46. The SMILES string of the molecule is O=S(=O)(NCc1c[nH]c2ccc(F)cc12)c1ccc(Cl)cc1. The highest BCUT2D eigenvalue weighted by atomic mass is 35.5. The predicted octanol–water partition coefficient (Wildman–Crippen LogP) is 3.44. The van der Waals surface area contributed by atoms with E-state index in [0.29, 0.717) is 16.0 Å². The molecule has 22 heavy (non-hydrogen) atoms. The van der Waals surface area contributed by atoms with E-state index in [1.54, 1.807) is 12.3 Å². The number of fused-ring (bicyclic) bond motifs is 1. The number of halogens is 2. The quantitative estimate of drug-likeness (QED) is 0.765. The largest absolute Gasteiger partial charge is 0.361 e. The van der Waals surface area contributed by atoms with E-state index in [9.17, 15) is 12.8 Å². The van der Waals surface area contributed by atoms with Gasteiger partial charge in [0.15, 0.2) is 0 Å². The topological polar surface area (TPSA) is 62.0 Å². The smallest absolute Gasteiger partial charge is 0.240 e. The van der Waals surface area contributed by atoms with Gasteiger partial charge in [-0.1, -0.05) is 11.6 Å². The second-order valence-electron chi connectivity index (χ2n) is 4.78. The van der Waals surface area contributed by atoms with Crippen molar-refractivity contribution in [1.29, 1.82) is 0 Å². The molecule has 2 N–H and O–H groups in total. The first-order valence-corrected chi connectivity index (χ1v) is 8.32. The van der Waals surface area contributed by atoms with Crippen molar-refractivity contribution < 1.29 is 12.8 Å². The lowest BCUT2D eigenvalue weighted by molar-refractivity contribution is 0.581. The minimum atomic E-state index is -3.65. The highest BCUT2D eigenvalue weighted by Gasteiger charge is 2.14. The number of H-pyrrole nitrogens is 1. The fraction of sp³-hybridized carbons (Fsp3) is 0.0667. The fourth-order valence-electron chi connectivity index (χ4n) is 2.17. The van der Waals surface area contributed by atoms with E-state index in [2.05, 4.69) is 9.71 Å². The average molecular weight is 339 g/mol. The van der Waals surface area contributed by atoms with E-state index in [4.69, 9.17) is 11.6 Å². The standard InChI is InChI=1S/C15H12ClFN2O2S/c16-11-1-4-13(5-2-11)22(20,21)19-9-10-8-18-15-6-3-12(17)7-14(10)15/h1-8,18-19H,9H2. The Morgan fingerprint density at radius 1 is 1.14 bits per heavy atom. The zero-order valence-electron chi connectivity index (χ0n) is 11.3. The van der Waals surface area contributed by atoms with Gasteiger partial charge in [-0.25, -0.2) is 17.5 Å². The molecule has 0 radical (unpaired) electrons. The van der Waals surface area contributed by atoms with Crippen LogP contribution < -0.4 is 4.72 Å². The van der Waals surface area contributed by atoms with Gasteiger partial charge in [-0.05, 0) is 48.0 Å². The number of hydrogen-bond donors (Lipinski definition) is 2. The fourth-order valence-corrected chi connectivity index (χ4v) is 3.30. The van der Waals surface area contributed by atoms with Gasteiger partial charge in [-0.15, -0.1) is 0 Å². The first kappa shape index (κ1) is 15.0. The molecule has 3 rings (SSSR count). The summed E-state index contributed by atoms with van der Waals surface area (Å²) in [4.78, 5) is 3.11. The maximum absolute atomic E-state index is 13.3. The minimum Gasteiger partial charge on any atom is -0.361 e. The molecular weight excluding hydrogens is 327 g/mol. The third-order valence-corrected chi connectivity index (χ3v) is 4.98. The molecule has 0 bridgehead atoms. The second-order valence-corrected chi connectivity index (χ2v) is 6.99. The van der Waals surface area contributed by atoms with Crippen LogP contribution in [0, 0.1) is 5.82 Å². The lowest BCUT2D eigenvalue weighted by atomic mass is 10.2. The van der Waals surface area contributed by atoms with E-state index < -0.39 is 10.0 Å². The van der Waals surface area contributed by atoms with Crippen molar-refractivity contribution >= 4 is 32.5 Å². The van der Waals surface area contributed by atoms with Crippen molar-refractivity contribution in [2.24, 2.45) is 0 Å². The van der Waals surface area contributed by atoms with Crippen molar-refractivity contribution in [2.45, 2.75) is 11.4 Å². The van der Waals surface area contributed by atoms with E-state index in [1.807, 2.05) is 0 Å². The minimum absolute atomic E-state index is 0.0639. The molecule has 0 aliphatic rings. The molecule has 0 saturated carbocycles. The van der Waals surface area contributed by atoms with Crippen molar-refractivity contribution in [2.75, 3.05) is 0 Å². The Bertz CT molecular complexity index is 920. The van der Waals surface area contributed by atoms with Crippen LogP contribution in [-0.4, -0.2) is 13.4 Å². The number of aromatic amines is 1. The molecule has 3 aromatic rings. The number of sulfonamides is 1. The molecule has 1 aromatic heterocycles. The number of hydrogen-bond acceptors (Lipinski definition) is 2. The Morgan fingerprint density at radius 2 is 1.86 bits per heavy atom. The van der Waals surface area contributed by atoms with Gasteiger partial charge in [0.25, 0.3) is 0 Å². The van der Waals surface area contributed by atoms with Crippen LogP contribution in [0.5, 0.6) is 0 Å². The van der Waals surface area contributed by atoms with E-state index in [-0.39, 0.29) is 17.3 Å². The summed E-state index contributed by atoms with van der Waals surface area (Å²) in [5, 5.41) is 1.12. The third-order valence-electron chi connectivity index (χ3n) is 3.31. The molecule has 0 saturated heterocycles. The Kier molecular flexibility index (Phi) is 3.90. The molecule has 0 amide bonds. The summed E-state index contributed by atoms with van der Waals surface area (Å²) in [6, 6.07) is 10.2. The molecule has 2 aromatic carbocycles. The Balaban J connectivity index is 1.84. The predicted molar refractivity (Wildman–Crippen MR) is 83.7 cm³/mol. The molecule has 0 atom stereocenters. The number of benzene rings is 2. The van der Waals surface area contributed by atoms with Crippen molar-refractivity contribution in [1.82, 2.24) is 9.71 Å². The summed E-state index contributed by atoms with van der Waals surface area (Å²) < 4.78 is 40.2. The van der Waals surface area contributed by atoms with Gasteiger partial charge in [0.1, 0.15) is 5.82 Å². The Morgan fingerprint density at radius 3 is 2.59 bits per heavy atom. The number of nitrogens with one attached hydrogen (secondary N) is 2. The monoisotopic (exact) mass is 338 g/mol. The zero-order chi connectivity index (χ0) is 15.7. The van der Waals surface area contributed by atoms with Crippen molar-refractivity contribution in [3.05, 3.63) is 65.1 Å². The van der Waals surface area contributed by atoms with E-state index >= 15 is 0 Å². The first-order chi connectivity index (χ1) is 10.5. The molecule has 0 spiro atoms. The highest BCUT2D eigenvalue weighted by Crippen LogP contribution is 2.20. The second kappa shape index (κ2) is 5.72. The molecule has 1 heterocycles. The highest BCUT2D eigenvalue weighted by molar-refractivity contribution is 7.89. The van der Waals surface area contributed by atoms with Crippen LogP contribution in [0.1, 0.15) is 5.56 Å². The molecule has 0 aliphatic carbocycles. The maximum atomic E-state index is 13.3. The van der Waals surface area contributed by atoms with Gasteiger partial charge in [0.2, 0.25) is 10.0 Å².